The van der Waals surface area contributed by atoms with E-state index >= 15 is 0 Å². The third-order valence-electron chi connectivity index (χ3n) is 5.53. The first kappa shape index (κ1) is 23.3. The van der Waals surface area contributed by atoms with Crippen LogP contribution in [0.5, 0.6) is 5.75 Å². The van der Waals surface area contributed by atoms with E-state index in [0.717, 1.165) is 11.3 Å². The van der Waals surface area contributed by atoms with E-state index in [2.05, 4.69) is 15.6 Å². The fourth-order valence-corrected chi connectivity index (χ4v) is 3.68. The van der Waals surface area contributed by atoms with E-state index in [9.17, 15) is 19.5 Å². The molecule has 10 nitrogen and oxygen atoms in total. The number of aliphatic hydroxyl groups excluding tert-OH is 1. The molecule has 2 heterocycles. The summed E-state index contributed by atoms with van der Waals surface area (Å²) in [7, 11) is 0. The van der Waals surface area contributed by atoms with Crippen LogP contribution in [-0.4, -0.2) is 39.4 Å². The molecule has 0 bridgehead atoms. The van der Waals surface area contributed by atoms with Crippen molar-refractivity contribution in [1.29, 1.82) is 0 Å². The van der Waals surface area contributed by atoms with Crippen LogP contribution >= 0.6 is 0 Å². The van der Waals surface area contributed by atoms with Crippen LogP contribution in [-0.2, 0) is 11.3 Å². The van der Waals surface area contributed by atoms with Crippen molar-refractivity contribution in [2.75, 3.05) is 11.9 Å². The van der Waals surface area contributed by atoms with Gasteiger partial charge in [-0.15, -0.1) is 0 Å². The summed E-state index contributed by atoms with van der Waals surface area (Å²) in [6.07, 6.45) is -0.805. The van der Waals surface area contributed by atoms with E-state index in [4.69, 9.17) is 9.47 Å². The fourth-order valence-electron chi connectivity index (χ4n) is 3.68. The normalized spacial score (nSPS) is 19.5. The molecule has 4 N–H and O–H groups in total. The monoisotopic (exact) mass is 466 g/mol. The number of para-hydroxylation sites is 2. The highest BCUT2D eigenvalue weighted by Crippen LogP contribution is 2.27. The Balaban J connectivity index is 1.33. The maximum absolute atomic E-state index is 12.5. The first-order valence-corrected chi connectivity index (χ1v) is 10.9. The zero-order chi connectivity index (χ0) is 24.1. The van der Waals surface area contributed by atoms with Gasteiger partial charge >= 0.3 is 11.7 Å². The largest absolute Gasteiger partial charge is 0.489 e. The molecule has 0 unspecified atom stereocenters. The topological polar surface area (TPSA) is 135 Å². The molecule has 178 valence electrons. The number of rotatable bonds is 7. The van der Waals surface area contributed by atoms with Gasteiger partial charge in [0.25, 0.3) is 5.56 Å². The second-order valence-electron chi connectivity index (χ2n) is 8.00. The van der Waals surface area contributed by atoms with Gasteiger partial charge in [-0.3, -0.25) is 14.3 Å². The van der Waals surface area contributed by atoms with Crippen LogP contribution in [0.3, 0.4) is 0 Å². The lowest BCUT2D eigenvalue weighted by Crippen LogP contribution is -2.39. The van der Waals surface area contributed by atoms with E-state index in [1.807, 2.05) is 42.5 Å². The fraction of sp³-hybridized carbons (Fsp3) is 0.292. The van der Waals surface area contributed by atoms with Crippen molar-refractivity contribution in [3.05, 3.63) is 92.8 Å². The average molecular weight is 466 g/mol. The van der Waals surface area contributed by atoms with Gasteiger partial charge in [-0.05, 0) is 25.1 Å². The van der Waals surface area contributed by atoms with Gasteiger partial charge in [0.2, 0.25) is 0 Å². The molecular formula is C24H26N4O6. The SMILES string of the molecule is Cc1cn([C@@H]2C[C@H](O)[C@@H](CNC(=O)Nc3ccccc3COc3ccccc3)O2)c(=O)[nH]c1=O. The van der Waals surface area contributed by atoms with Gasteiger partial charge in [0.1, 0.15) is 24.7 Å². The number of aryl methyl sites for hydroxylation is 1. The van der Waals surface area contributed by atoms with Crippen LogP contribution in [0.4, 0.5) is 10.5 Å². The van der Waals surface area contributed by atoms with Crippen LogP contribution < -0.4 is 26.6 Å². The van der Waals surface area contributed by atoms with E-state index in [-0.39, 0.29) is 19.6 Å². The molecule has 2 amide bonds. The highest BCUT2D eigenvalue weighted by Gasteiger charge is 2.35. The van der Waals surface area contributed by atoms with E-state index in [0.29, 0.717) is 11.3 Å². The number of H-pyrrole nitrogens is 1. The summed E-state index contributed by atoms with van der Waals surface area (Å²) in [5.41, 5.74) is 0.662. The predicted molar refractivity (Wildman–Crippen MR) is 125 cm³/mol. The molecule has 3 atom stereocenters. The van der Waals surface area contributed by atoms with Crippen molar-refractivity contribution in [2.45, 2.75) is 38.4 Å². The number of urea groups is 1. The van der Waals surface area contributed by atoms with Gasteiger partial charge in [-0.1, -0.05) is 36.4 Å². The van der Waals surface area contributed by atoms with Gasteiger partial charge < -0.3 is 25.2 Å². The Morgan fingerprint density at radius 1 is 1.18 bits per heavy atom. The summed E-state index contributed by atoms with van der Waals surface area (Å²) in [6.45, 7) is 1.88. The summed E-state index contributed by atoms with van der Waals surface area (Å²) in [4.78, 5) is 38.4. The molecule has 0 aliphatic carbocycles. The van der Waals surface area contributed by atoms with Crippen LogP contribution in [0.15, 0.2) is 70.4 Å². The minimum atomic E-state index is -0.893. The molecule has 2 aromatic carbocycles. The number of carbonyl (C=O) groups is 1. The zero-order valence-electron chi connectivity index (χ0n) is 18.6. The van der Waals surface area contributed by atoms with Crippen molar-refractivity contribution in [3.8, 4) is 5.75 Å². The van der Waals surface area contributed by atoms with Crippen molar-refractivity contribution in [1.82, 2.24) is 14.9 Å². The second kappa shape index (κ2) is 10.4. The molecule has 0 saturated carbocycles. The summed E-state index contributed by atoms with van der Waals surface area (Å²) < 4.78 is 12.8. The van der Waals surface area contributed by atoms with Crippen molar-refractivity contribution in [2.24, 2.45) is 0 Å². The van der Waals surface area contributed by atoms with Crippen LogP contribution in [0.1, 0.15) is 23.8 Å². The van der Waals surface area contributed by atoms with E-state index in [1.165, 1.54) is 10.8 Å². The number of nitrogens with one attached hydrogen (secondary N) is 3. The molecule has 10 heteroatoms. The minimum Gasteiger partial charge on any atom is -0.489 e. The number of anilines is 1. The van der Waals surface area contributed by atoms with E-state index in [1.54, 1.807) is 19.1 Å². The first-order valence-electron chi connectivity index (χ1n) is 10.9. The number of nitrogens with zero attached hydrogens (tertiary/aromatic N) is 1. The molecule has 1 saturated heterocycles. The molecule has 1 aromatic heterocycles. The summed E-state index contributed by atoms with van der Waals surface area (Å²) in [5.74, 6) is 0.723. The van der Waals surface area contributed by atoms with Crippen molar-refractivity contribution < 1.29 is 19.4 Å². The molecule has 0 radical (unpaired) electrons. The Morgan fingerprint density at radius 2 is 1.91 bits per heavy atom. The van der Waals surface area contributed by atoms with Gasteiger partial charge in [0.15, 0.2) is 0 Å². The zero-order valence-corrected chi connectivity index (χ0v) is 18.6. The number of hydrogen-bond acceptors (Lipinski definition) is 6. The summed E-state index contributed by atoms with van der Waals surface area (Å²) in [6, 6.07) is 16.2. The standard InChI is InChI=1S/C24H26N4O6/c1-15-13-28(24(32)27-22(15)30)21-11-19(29)20(34-21)12-25-23(31)26-18-10-6-5-7-16(18)14-33-17-8-3-2-4-9-17/h2-10,13,19-21,29H,11-12,14H2,1H3,(H2,25,26,31)(H,27,30,32)/t19-,20+,21-/m0/s1. The van der Waals surface area contributed by atoms with Gasteiger partial charge in [0.05, 0.1) is 6.10 Å². The number of aromatic amines is 1. The number of hydrogen-bond donors (Lipinski definition) is 4. The molecule has 0 spiro atoms. The number of amides is 2. The molecule has 1 aliphatic rings. The van der Waals surface area contributed by atoms with E-state index < -0.39 is 35.7 Å². The van der Waals surface area contributed by atoms with Crippen LogP contribution in [0.2, 0.25) is 0 Å². The van der Waals surface area contributed by atoms with Crippen molar-refractivity contribution in [3.63, 3.8) is 0 Å². The highest BCUT2D eigenvalue weighted by atomic mass is 16.5. The Bertz CT molecular complexity index is 1260. The maximum atomic E-state index is 12.5. The molecule has 1 fully saturated rings. The molecule has 1 aliphatic heterocycles. The lowest BCUT2D eigenvalue weighted by Gasteiger charge is -2.18. The average Bonchev–Trinajstić information content (AvgIpc) is 3.20. The molecule has 4 rings (SSSR count). The number of aliphatic hydroxyl groups is 1. The highest BCUT2D eigenvalue weighted by molar-refractivity contribution is 5.90. The Morgan fingerprint density at radius 3 is 2.71 bits per heavy atom. The smallest absolute Gasteiger partial charge is 0.330 e. The number of carbonyl (C=O) groups excluding carboxylic acids is 1. The lowest BCUT2D eigenvalue weighted by atomic mass is 10.2. The maximum Gasteiger partial charge on any atom is 0.330 e. The summed E-state index contributed by atoms with van der Waals surface area (Å²) in [5, 5.41) is 15.8. The molecule has 34 heavy (non-hydrogen) atoms. The number of benzene rings is 2. The van der Waals surface area contributed by atoms with Crippen molar-refractivity contribution >= 4 is 11.7 Å². The minimum absolute atomic E-state index is 0.0310. The third-order valence-corrected chi connectivity index (χ3v) is 5.53. The first-order chi connectivity index (χ1) is 16.4. The third kappa shape index (κ3) is 5.53. The Kier molecular flexibility index (Phi) is 7.09. The van der Waals surface area contributed by atoms with Crippen LogP contribution in [0, 0.1) is 6.92 Å². The quantitative estimate of drug-likeness (QED) is 0.420. The Labute approximate surface area is 195 Å². The molecular weight excluding hydrogens is 440 g/mol. The summed E-state index contributed by atoms with van der Waals surface area (Å²) >= 11 is 0. The van der Waals surface area contributed by atoms with Gasteiger partial charge in [-0.25, -0.2) is 9.59 Å². The lowest BCUT2D eigenvalue weighted by molar-refractivity contribution is -0.0178. The van der Waals surface area contributed by atoms with Gasteiger partial charge in [0, 0.05) is 36.0 Å². The van der Waals surface area contributed by atoms with Gasteiger partial charge in [-0.2, -0.15) is 0 Å². The predicted octanol–water partition coefficient (Wildman–Crippen LogP) is 1.89. The van der Waals surface area contributed by atoms with Crippen LogP contribution in [0.25, 0.3) is 0 Å². The number of aromatic nitrogens is 2. The Hall–Kier alpha value is -3.89. The number of ether oxygens (including phenoxy) is 2. The second-order valence-corrected chi connectivity index (χ2v) is 8.00. The molecule has 3 aromatic rings.